The Balaban J connectivity index is 1.17. The normalized spacial score (nSPS) is 28.6. The molecule has 4 bridgehead atoms. The average Bonchev–Trinajstić information content (AvgIpc) is 3.28. The van der Waals surface area contributed by atoms with E-state index < -0.39 is 6.04 Å². The van der Waals surface area contributed by atoms with Gasteiger partial charge in [-0.2, -0.15) is 0 Å². The van der Waals surface area contributed by atoms with Crippen LogP contribution >= 0.6 is 0 Å². The highest BCUT2D eigenvalue weighted by Crippen LogP contribution is 2.60. The number of rotatable bonds is 8. The molecule has 2 N–H and O–H groups in total. The van der Waals surface area contributed by atoms with E-state index in [9.17, 15) is 9.59 Å². The van der Waals surface area contributed by atoms with E-state index >= 15 is 0 Å². The van der Waals surface area contributed by atoms with E-state index in [1.165, 1.54) is 24.8 Å². The quantitative estimate of drug-likeness (QED) is 0.643. The summed E-state index contributed by atoms with van der Waals surface area (Å²) in [5.41, 5.74) is 2.01. The molecule has 6 rings (SSSR count). The van der Waals surface area contributed by atoms with E-state index in [4.69, 9.17) is 0 Å². The highest BCUT2D eigenvalue weighted by Gasteiger charge is 2.55. The van der Waals surface area contributed by atoms with Crippen LogP contribution in [0.15, 0.2) is 43.0 Å². The summed E-state index contributed by atoms with van der Waals surface area (Å²) in [7, 11) is 0. The molecule has 0 spiro atoms. The van der Waals surface area contributed by atoms with Crippen LogP contribution in [0.25, 0.3) is 0 Å². The Morgan fingerprint density at radius 1 is 1.03 bits per heavy atom. The molecule has 0 aliphatic heterocycles. The zero-order chi connectivity index (χ0) is 23.0. The van der Waals surface area contributed by atoms with Gasteiger partial charge in [-0.25, -0.2) is 4.98 Å². The standard InChI is InChI=1S/C27H36N4O2/c1-18(2)24(30-26(33)27-12-21-9-22(13-27)11-23(10-21)14-27)25(32)29-15-19-3-5-20(6-4-19)16-31-8-7-28-17-31/h3-8,17-18,21-24H,9-16H2,1-2H3,(H,29,32)(H,30,33)/t21?,22?,23?,24-,27?/m1/s1. The Hall–Kier alpha value is -2.63. The van der Waals surface area contributed by atoms with Crippen molar-refractivity contribution in [3.63, 3.8) is 0 Å². The monoisotopic (exact) mass is 448 g/mol. The fraction of sp³-hybridized carbons (Fsp3) is 0.593. The Kier molecular flexibility index (Phi) is 6.02. The topological polar surface area (TPSA) is 76.0 Å². The minimum Gasteiger partial charge on any atom is -0.350 e. The number of amides is 2. The number of carbonyl (C=O) groups is 2. The van der Waals surface area contributed by atoms with Crippen molar-refractivity contribution in [1.29, 1.82) is 0 Å². The molecule has 2 amide bonds. The van der Waals surface area contributed by atoms with E-state index in [0.29, 0.717) is 24.3 Å². The molecule has 1 aromatic carbocycles. The number of carbonyl (C=O) groups excluding carboxylic acids is 2. The first-order valence-electron chi connectivity index (χ1n) is 12.5. The summed E-state index contributed by atoms with van der Waals surface area (Å²) >= 11 is 0. The van der Waals surface area contributed by atoms with Crippen molar-refractivity contribution in [2.75, 3.05) is 0 Å². The van der Waals surface area contributed by atoms with Gasteiger partial charge in [-0.05, 0) is 73.3 Å². The zero-order valence-electron chi connectivity index (χ0n) is 19.8. The summed E-state index contributed by atoms with van der Waals surface area (Å²) in [4.78, 5) is 30.6. The van der Waals surface area contributed by atoms with Gasteiger partial charge in [0.1, 0.15) is 6.04 Å². The van der Waals surface area contributed by atoms with E-state index in [2.05, 4.69) is 27.8 Å². The van der Waals surface area contributed by atoms with Crippen molar-refractivity contribution in [2.45, 2.75) is 71.5 Å². The molecule has 0 radical (unpaired) electrons. The number of imidazole rings is 1. The third kappa shape index (κ3) is 4.71. The fourth-order valence-corrected chi connectivity index (χ4v) is 6.87. The molecule has 33 heavy (non-hydrogen) atoms. The highest BCUT2D eigenvalue weighted by molar-refractivity contribution is 5.90. The first-order valence-corrected chi connectivity index (χ1v) is 12.5. The molecule has 6 nitrogen and oxygen atoms in total. The number of nitrogens with zero attached hydrogens (tertiary/aromatic N) is 2. The Morgan fingerprint density at radius 2 is 1.64 bits per heavy atom. The number of hydrogen-bond acceptors (Lipinski definition) is 3. The lowest BCUT2D eigenvalue weighted by Crippen LogP contribution is -2.58. The summed E-state index contributed by atoms with van der Waals surface area (Å²) in [6.07, 6.45) is 12.5. The molecule has 1 heterocycles. The maximum absolute atomic E-state index is 13.5. The van der Waals surface area contributed by atoms with Crippen LogP contribution in [-0.2, 0) is 22.7 Å². The number of aromatic nitrogens is 2. The van der Waals surface area contributed by atoms with Gasteiger partial charge >= 0.3 is 0 Å². The van der Waals surface area contributed by atoms with Gasteiger partial charge in [-0.15, -0.1) is 0 Å². The zero-order valence-corrected chi connectivity index (χ0v) is 19.8. The predicted octanol–water partition coefficient (Wildman–Crippen LogP) is 3.90. The molecule has 4 aliphatic rings. The molecular weight excluding hydrogens is 412 g/mol. The molecule has 6 heteroatoms. The van der Waals surface area contributed by atoms with Crippen LogP contribution in [0.2, 0.25) is 0 Å². The van der Waals surface area contributed by atoms with Gasteiger partial charge < -0.3 is 15.2 Å². The Bertz CT molecular complexity index is 945. The highest BCUT2D eigenvalue weighted by atomic mass is 16.2. The molecule has 1 aromatic heterocycles. The fourth-order valence-electron chi connectivity index (χ4n) is 6.87. The van der Waals surface area contributed by atoms with Gasteiger partial charge in [0.2, 0.25) is 11.8 Å². The van der Waals surface area contributed by atoms with Gasteiger partial charge in [-0.1, -0.05) is 38.1 Å². The first-order chi connectivity index (χ1) is 15.9. The van der Waals surface area contributed by atoms with Crippen LogP contribution < -0.4 is 10.6 Å². The molecule has 1 atom stereocenters. The molecule has 2 aromatic rings. The third-order valence-electron chi connectivity index (χ3n) is 8.17. The van der Waals surface area contributed by atoms with Crippen molar-refractivity contribution >= 4 is 11.8 Å². The van der Waals surface area contributed by atoms with Gasteiger partial charge in [-0.3, -0.25) is 9.59 Å². The summed E-state index contributed by atoms with van der Waals surface area (Å²) < 4.78 is 2.02. The van der Waals surface area contributed by atoms with Crippen LogP contribution in [0.3, 0.4) is 0 Å². The summed E-state index contributed by atoms with van der Waals surface area (Å²) in [6.45, 7) is 5.25. The Labute approximate surface area is 196 Å². The summed E-state index contributed by atoms with van der Waals surface area (Å²) in [6, 6.07) is 7.76. The number of benzene rings is 1. The van der Waals surface area contributed by atoms with Crippen molar-refractivity contribution in [3.05, 3.63) is 54.1 Å². The second-order valence-electron chi connectivity index (χ2n) is 11.2. The maximum atomic E-state index is 13.5. The van der Waals surface area contributed by atoms with Crippen LogP contribution in [0, 0.1) is 29.1 Å². The lowest BCUT2D eigenvalue weighted by Gasteiger charge is -2.55. The van der Waals surface area contributed by atoms with E-state index in [0.717, 1.165) is 31.4 Å². The molecule has 4 fully saturated rings. The third-order valence-corrected chi connectivity index (χ3v) is 8.17. The lowest BCUT2D eigenvalue weighted by molar-refractivity contribution is -0.149. The molecule has 0 saturated heterocycles. The number of hydrogen-bond donors (Lipinski definition) is 2. The Morgan fingerprint density at radius 3 is 2.18 bits per heavy atom. The molecule has 0 unspecified atom stereocenters. The van der Waals surface area contributed by atoms with Crippen molar-refractivity contribution in [3.8, 4) is 0 Å². The van der Waals surface area contributed by atoms with Gasteiger partial charge in [0.25, 0.3) is 0 Å². The van der Waals surface area contributed by atoms with Crippen LogP contribution in [0.4, 0.5) is 0 Å². The van der Waals surface area contributed by atoms with Crippen LogP contribution in [0.1, 0.15) is 63.5 Å². The summed E-state index contributed by atoms with van der Waals surface area (Å²) in [5, 5.41) is 6.24. The van der Waals surface area contributed by atoms with Gasteiger partial charge in [0.05, 0.1) is 6.33 Å². The molecule has 4 saturated carbocycles. The SMILES string of the molecule is CC(C)[C@@H](NC(=O)C12CC3CC(CC(C3)C1)C2)C(=O)NCc1ccc(Cn2ccnc2)cc1. The predicted molar refractivity (Wildman–Crippen MR) is 127 cm³/mol. The van der Waals surface area contributed by atoms with Crippen molar-refractivity contribution in [1.82, 2.24) is 20.2 Å². The molecule has 176 valence electrons. The van der Waals surface area contributed by atoms with Gasteiger partial charge in [0.15, 0.2) is 0 Å². The largest absolute Gasteiger partial charge is 0.350 e. The van der Waals surface area contributed by atoms with E-state index in [-0.39, 0.29) is 23.1 Å². The van der Waals surface area contributed by atoms with Crippen molar-refractivity contribution < 1.29 is 9.59 Å². The molecule has 4 aliphatic carbocycles. The minimum atomic E-state index is -0.494. The van der Waals surface area contributed by atoms with Crippen molar-refractivity contribution in [2.24, 2.45) is 29.1 Å². The number of nitrogens with one attached hydrogen (secondary N) is 2. The minimum absolute atomic E-state index is 0.0421. The summed E-state index contributed by atoms with van der Waals surface area (Å²) in [5.74, 6) is 2.21. The van der Waals surface area contributed by atoms with E-state index in [1.54, 1.807) is 12.5 Å². The lowest BCUT2D eigenvalue weighted by atomic mass is 9.49. The average molecular weight is 449 g/mol. The van der Waals surface area contributed by atoms with Crippen LogP contribution in [0.5, 0.6) is 0 Å². The smallest absolute Gasteiger partial charge is 0.243 e. The molecular formula is C27H36N4O2. The van der Waals surface area contributed by atoms with Gasteiger partial charge in [0, 0.05) is 30.9 Å². The van der Waals surface area contributed by atoms with E-state index in [1.807, 2.05) is 36.7 Å². The second-order valence-corrected chi connectivity index (χ2v) is 11.2. The maximum Gasteiger partial charge on any atom is 0.243 e. The van der Waals surface area contributed by atoms with Crippen LogP contribution in [-0.4, -0.2) is 27.4 Å². The second kappa shape index (κ2) is 8.96. The first kappa shape index (κ1) is 22.2.